The van der Waals surface area contributed by atoms with Crippen LogP contribution in [0.4, 0.5) is 0 Å². The van der Waals surface area contributed by atoms with E-state index >= 15 is 0 Å². The van der Waals surface area contributed by atoms with E-state index in [1.165, 1.54) is 18.3 Å². The maximum atomic E-state index is 6.15. The lowest BCUT2D eigenvalue weighted by Gasteiger charge is -2.35. The van der Waals surface area contributed by atoms with Gasteiger partial charge in [-0.1, -0.05) is 6.08 Å². The van der Waals surface area contributed by atoms with Crippen LogP contribution in [-0.2, 0) is 14.0 Å². The maximum absolute atomic E-state index is 6.15. The number of allylic oxidation sites excluding steroid dienone is 1. The van der Waals surface area contributed by atoms with Crippen LogP contribution in [0.5, 0.6) is 0 Å². The van der Waals surface area contributed by atoms with Gasteiger partial charge in [-0.3, -0.25) is 0 Å². The summed E-state index contributed by atoms with van der Waals surface area (Å²) in [5.41, 5.74) is 0.849. The highest BCUT2D eigenvalue weighted by Crippen LogP contribution is 2.42. The zero-order valence-corrected chi connectivity index (χ0v) is 12.6. The fourth-order valence-electron chi connectivity index (χ4n) is 3.24. The van der Waals surface area contributed by atoms with Gasteiger partial charge in [-0.25, -0.2) is 0 Å². The van der Waals surface area contributed by atoms with Gasteiger partial charge >= 0.3 is 7.12 Å². The second-order valence-corrected chi connectivity index (χ2v) is 7.12. The highest BCUT2D eigenvalue weighted by atomic mass is 16.7. The van der Waals surface area contributed by atoms with Crippen LogP contribution in [0.2, 0.25) is 0 Å². The van der Waals surface area contributed by atoms with Crippen molar-refractivity contribution < 1.29 is 14.0 Å². The van der Waals surface area contributed by atoms with Crippen LogP contribution in [0.1, 0.15) is 53.4 Å². The van der Waals surface area contributed by atoms with Crippen LogP contribution in [0.15, 0.2) is 11.5 Å². The van der Waals surface area contributed by atoms with Gasteiger partial charge in [0.15, 0.2) is 0 Å². The molecule has 0 saturated carbocycles. The first-order valence-electron chi connectivity index (χ1n) is 7.55. The first-order chi connectivity index (χ1) is 8.89. The van der Waals surface area contributed by atoms with Gasteiger partial charge in [-0.2, -0.15) is 0 Å². The highest BCUT2D eigenvalue weighted by molar-refractivity contribution is 6.54. The zero-order chi connectivity index (χ0) is 13.7. The third-order valence-electron chi connectivity index (χ3n) is 5.24. The molecule has 0 radical (unpaired) electrons. The van der Waals surface area contributed by atoms with Crippen molar-refractivity contribution in [2.75, 3.05) is 6.61 Å². The second kappa shape index (κ2) is 4.61. The average molecular weight is 264 g/mol. The van der Waals surface area contributed by atoms with Crippen molar-refractivity contribution >= 4 is 7.12 Å². The van der Waals surface area contributed by atoms with Crippen LogP contribution >= 0.6 is 0 Å². The summed E-state index contributed by atoms with van der Waals surface area (Å²) >= 11 is 0. The molecule has 4 heteroatoms. The second-order valence-electron chi connectivity index (χ2n) is 7.12. The fourth-order valence-corrected chi connectivity index (χ4v) is 3.24. The van der Waals surface area contributed by atoms with Crippen LogP contribution in [0.25, 0.3) is 0 Å². The van der Waals surface area contributed by atoms with E-state index in [4.69, 9.17) is 14.0 Å². The quantitative estimate of drug-likeness (QED) is 0.681. The highest BCUT2D eigenvalue weighted by Gasteiger charge is 2.53. The summed E-state index contributed by atoms with van der Waals surface area (Å²) < 4.78 is 18.2. The standard InChI is InChI=1S/C15H25BO3/c1-14(2)15(3,4)19-16(18-14)12-7-8-13-11(10-12)6-5-9-17-13/h7,11,13H,5-6,8-10H2,1-4H3/t11-,13+/m0/s1. The van der Waals surface area contributed by atoms with Gasteiger partial charge in [-0.15, -0.1) is 0 Å². The molecule has 0 unspecified atom stereocenters. The molecule has 2 heterocycles. The predicted molar refractivity (Wildman–Crippen MR) is 75.9 cm³/mol. The lowest BCUT2D eigenvalue weighted by molar-refractivity contribution is -0.0272. The summed E-state index contributed by atoms with van der Waals surface area (Å²) in [7, 11) is -0.159. The summed E-state index contributed by atoms with van der Waals surface area (Å²) in [6.07, 6.45) is 7.28. The number of rotatable bonds is 1. The van der Waals surface area contributed by atoms with Crippen molar-refractivity contribution in [1.82, 2.24) is 0 Å². The summed E-state index contributed by atoms with van der Waals surface area (Å²) in [5, 5.41) is 0. The van der Waals surface area contributed by atoms with E-state index in [-0.39, 0.29) is 18.3 Å². The van der Waals surface area contributed by atoms with Crippen molar-refractivity contribution in [3.63, 3.8) is 0 Å². The number of hydrogen-bond donors (Lipinski definition) is 0. The van der Waals surface area contributed by atoms with E-state index in [2.05, 4.69) is 33.8 Å². The SMILES string of the molecule is CC1(C)OB(C2=CC[C@H]3OCCC[C@H]3C2)OC1(C)C. The van der Waals surface area contributed by atoms with Gasteiger partial charge in [-0.05, 0) is 64.8 Å². The van der Waals surface area contributed by atoms with E-state index in [1.807, 2.05) is 0 Å². The molecule has 3 aliphatic rings. The molecule has 0 amide bonds. The minimum atomic E-state index is -0.238. The Kier molecular flexibility index (Phi) is 3.31. The molecular formula is C15H25BO3. The lowest BCUT2D eigenvalue weighted by Crippen LogP contribution is -2.41. The molecular weight excluding hydrogens is 239 g/mol. The van der Waals surface area contributed by atoms with Gasteiger partial charge in [0.05, 0.1) is 17.3 Å². The molecule has 0 N–H and O–H groups in total. The Morgan fingerprint density at radius 3 is 2.53 bits per heavy atom. The van der Waals surface area contributed by atoms with Crippen LogP contribution in [0, 0.1) is 5.92 Å². The van der Waals surface area contributed by atoms with Gasteiger partial charge in [0.2, 0.25) is 0 Å². The van der Waals surface area contributed by atoms with Crippen LogP contribution in [-0.4, -0.2) is 31.0 Å². The van der Waals surface area contributed by atoms with Crippen molar-refractivity contribution in [3.05, 3.63) is 11.5 Å². The molecule has 19 heavy (non-hydrogen) atoms. The van der Waals surface area contributed by atoms with Crippen molar-refractivity contribution in [3.8, 4) is 0 Å². The Morgan fingerprint density at radius 2 is 1.84 bits per heavy atom. The third-order valence-corrected chi connectivity index (χ3v) is 5.24. The fraction of sp³-hybridized carbons (Fsp3) is 0.867. The molecule has 0 aromatic rings. The largest absolute Gasteiger partial charge is 0.490 e. The smallest absolute Gasteiger partial charge is 0.400 e. The minimum absolute atomic E-state index is 0.159. The molecule has 106 valence electrons. The molecule has 2 saturated heterocycles. The lowest BCUT2D eigenvalue weighted by atomic mass is 9.67. The summed E-state index contributed by atoms with van der Waals surface area (Å²) in [4.78, 5) is 0. The number of hydrogen-bond acceptors (Lipinski definition) is 3. The first-order valence-corrected chi connectivity index (χ1v) is 7.55. The number of ether oxygens (including phenoxy) is 1. The maximum Gasteiger partial charge on any atom is 0.490 e. The monoisotopic (exact) mass is 264 g/mol. The van der Waals surface area contributed by atoms with Gasteiger partial charge in [0.25, 0.3) is 0 Å². The van der Waals surface area contributed by atoms with E-state index in [9.17, 15) is 0 Å². The minimum Gasteiger partial charge on any atom is -0.400 e. The Balaban J connectivity index is 1.72. The van der Waals surface area contributed by atoms with Crippen molar-refractivity contribution in [2.45, 2.75) is 70.7 Å². The molecule has 2 fully saturated rings. The van der Waals surface area contributed by atoms with E-state index < -0.39 is 0 Å². The van der Waals surface area contributed by atoms with Gasteiger partial charge < -0.3 is 14.0 Å². The van der Waals surface area contributed by atoms with Crippen molar-refractivity contribution in [2.24, 2.45) is 5.92 Å². The van der Waals surface area contributed by atoms with Gasteiger partial charge in [0, 0.05) is 6.61 Å². The Bertz CT molecular complexity index is 373. The van der Waals surface area contributed by atoms with E-state index in [0.717, 1.165) is 19.4 Å². The Labute approximate surface area is 116 Å². The first kappa shape index (κ1) is 13.7. The molecule has 0 aromatic heterocycles. The predicted octanol–water partition coefficient (Wildman–Crippen LogP) is 3.13. The molecule has 0 bridgehead atoms. The molecule has 3 rings (SSSR count). The molecule has 1 aliphatic carbocycles. The van der Waals surface area contributed by atoms with Gasteiger partial charge in [0.1, 0.15) is 0 Å². The molecule has 0 spiro atoms. The normalized spacial score (nSPS) is 36.8. The zero-order valence-electron chi connectivity index (χ0n) is 12.6. The average Bonchev–Trinajstić information content (AvgIpc) is 2.58. The van der Waals surface area contributed by atoms with E-state index in [0.29, 0.717) is 12.0 Å². The topological polar surface area (TPSA) is 27.7 Å². The number of fused-ring (bicyclic) bond motifs is 1. The van der Waals surface area contributed by atoms with Crippen molar-refractivity contribution in [1.29, 1.82) is 0 Å². The summed E-state index contributed by atoms with van der Waals surface area (Å²) in [6.45, 7) is 9.39. The molecule has 2 aliphatic heterocycles. The molecule has 2 atom stereocenters. The Morgan fingerprint density at radius 1 is 1.16 bits per heavy atom. The van der Waals surface area contributed by atoms with E-state index in [1.54, 1.807) is 0 Å². The summed E-state index contributed by atoms with van der Waals surface area (Å²) in [6, 6.07) is 0. The van der Waals surface area contributed by atoms with Crippen LogP contribution in [0.3, 0.4) is 0 Å². The Hall–Kier alpha value is -0.315. The third kappa shape index (κ3) is 2.39. The molecule has 0 aromatic carbocycles. The molecule has 3 nitrogen and oxygen atoms in total. The van der Waals surface area contributed by atoms with Crippen LogP contribution < -0.4 is 0 Å². The summed E-state index contributed by atoms with van der Waals surface area (Å²) in [5.74, 6) is 0.660.